The molecule has 0 bridgehead atoms. The van der Waals surface area contributed by atoms with E-state index >= 15 is 0 Å². The van der Waals surface area contributed by atoms with Crippen molar-refractivity contribution in [2.75, 3.05) is 5.43 Å². The summed E-state index contributed by atoms with van der Waals surface area (Å²) >= 11 is 1.63. The molecule has 2 heterocycles. The molecule has 5 heteroatoms. The molecule has 4 rings (SSSR count). The standard InChI is InChI=1S/C15H14N4S/c16-19-14-12-5-6-20-15(12)18-13(17-14)11-7-9-3-1-2-4-10(9)8-11/h1-6,11H,7-8,16H2,(H,17,18,19). The zero-order valence-electron chi connectivity index (χ0n) is 10.8. The van der Waals surface area contributed by atoms with Crippen LogP contribution in [0, 0.1) is 0 Å². The number of rotatable bonds is 2. The summed E-state index contributed by atoms with van der Waals surface area (Å²) in [5.41, 5.74) is 5.52. The Hall–Kier alpha value is -1.98. The summed E-state index contributed by atoms with van der Waals surface area (Å²) in [5, 5.41) is 3.02. The molecule has 100 valence electrons. The zero-order chi connectivity index (χ0) is 13.5. The first-order chi connectivity index (χ1) is 9.85. The minimum atomic E-state index is 0.353. The molecule has 0 radical (unpaired) electrons. The first-order valence-corrected chi connectivity index (χ1v) is 7.51. The Bertz CT molecular complexity index is 755. The van der Waals surface area contributed by atoms with E-state index < -0.39 is 0 Å². The van der Waals surface area contributed by atoms with Gasteiger partial charge in [0.15, 0.2) is 5.82 Å². The molecule has 1 aromatic carbocycles. The molecule has 0 unspecified atom stereocenters. The molecule has 0 fully saturated rings. The van der Waals surface area contributed by atoms with Gasteiger partial charge in [-0.05, 0) is 35.4 Å². The van der Waals surface area contributed by atoms with Gasteiger partial charge >= 0.3 is 0 Å². The highest BCUT2D eigenvalue weighted by atomic mass is 32.1. The van der Waals surface area contributed by atoms with Crippen LogP contribution in [0.3, 0.4) is 0 Å². The fraction of sp³-hybridized carbons (Fsp3) is 0.200. The maximum absolute atomic E-state index is 5.59. The molecular formula is C15H14N4S. The molecule has 0 amide bonds. The van der Waals surface area contributed by atoms with Crippen LogP contribution in [0.4, 0.5) is 5.82 Å². The van der Waals surface area contributed by atoms with Crippen molar-refractivity contribution in [3.63, 3.8) is 0 Å². The molecule has 0 saturated heterocycles. The van der Waals surface area contributed by atoms with E-state index in [2.05, 4.69) is 34.7 Å². The van der Waals surface area contributed by atoms with Crippen LogP contribution in [0.25, 0.3) is 10.2 Å². The van der Waals surface area contributed by atoms with E-state index in [1.165, 1.54) is 11.1 Å². The number of nitrogen functional groups attached to an aromatic ring is 1. The smallest absolute Gasteiger partial charge is 0.152 e. The number of fused-ring (bicyclic) bond motifs is 2. The topological polar surface area (TPSA) is 63.8 Å². The molecule has 0 atom stereocenters. The van der Waals surface area contributed by atoms with Gasteiger partial charge in [-0.15, -0.1) is 11.3 Å². The Morgan fingerprint density at radius 3 is 2.55 bits per heavy atom. The maximum atomic E-state index is 5.59. The minimum Gasteiger partial charge on any atom is -0.308 e. The number of nitrogens with zero attached hydrogens (tertiary/aromatic N) is 2. The number of anilines is 1. The molecular weight excluding hydrogens is 268 g/mol. The lowest BCUT2D eigenvalue weighted by Crippen LogP contribution is -2.12. The van der Waals surface area contributed by atoms with Crippen LogP contribution in [0.1, 0.15) is 22.9 Å². The number of hydrogen-bond acceptors (Lipinski definition) is 5. The fourth-order valence-electron chi connectivity index (χ4n) is 2.91. The van der Waals surface area contributed by atoms with Crippen molar-refractivity contribution >= 4 is 27.4 Å². The van der Waals surface area contributed by atoms with Gasteiger partial charge in [0.2, 0.25) is 0 Å². The van der Waals surface area contributed by atoms with Gasteiger partial charge in [0.1, 0.15) is 10.7 Å². The summed E-state index contributed by atoms with van der Waals surface area (Å²) in [4.78, 5) is 10.3. The largest absolute Gasteiger partial charge is 0.308 e. The zero-order valence-corrected chi connectivity index (χ0v) is 11.7. The number of aromatic nitrogens is 2. The summed E-state index contributed by atoms with van der Waals surface area (Å²) in [5.74, 6) is 7.56. The molecule has 20 heavy (non-hydrogen) atoms. The monoisotopic (exact) mass is 282 g/mol. The van der Waals surface area contributed by atoms with Crippen LogP contribution >= 0.6 is 11.3 Å². The second-order valence-corrected chi connectivity index (χ2v) is 5.98. The number of nitrogens with two attached hydrogens (primary N) is 1. The second kappa shape index (κ2) is 4.54. The van der Waals surface area contributed by atoms with Gasteiger partial charge in [-0.25, -0.2) is 15.8 Å². The number of thiophene rings is 1. The lowest BCUT2D eigenvalue weighted by atomic mass is 10.1. The maximum Gasteiger partial charge on any atom is 0.152 e. The van der Waals surface area contributed by atoms with Crippen LogP contribution in [-0.4, -0.2) is 9.97 Å². The Labute approximate surface area is 120 Å². The molecule has 0 spiro atoms. The van der Waals surface area contributed by atoms with Gasteiger partial charge in [0.25, 0.3) is 0 Å². The lowest BCUT2D eigenvalue weighted by Gasteiger charge is -2.10. The van der Waals surface area contributed by atoms with Crippen molar-refractivity contribution in [2.45, 2.75) is 18.8 Å². The van der Waals surface area contributed by atoms with Crippen LogP contribution in [0.15, 0.2) is 35.7 Å². The van der Waals surface area contributed by atoms with Gasteiger partial charge < -0.3 is 5.43 Å². The average Bonchev–Trinajstić information content (AvgIpc) is 3.12. The van der Waals surface area contributed by atoms with Gasteiger partial charge in [0.05, 0.1) is 5.39 Å². The van der Waals surface area contributed by atoms with Crippen molar-refractivity contribution < 1.29 is 0 Å². The number of nitrogens with one attached hydrogen (secondary N) is 1. The highest BCUT2D eigenvalue weighted by Crippen LogP contribution is 2.34. The third kappa shape index (κ3) is 1.78. The molecule has 1 aliphatic carbocycles. The minimum absolute atomic E-state index is 0.353. The average molecular weight is 282 g/mol. The Morgan fingerprint density at radius 2 is 1.85 bits per heavy atom. The molecule has 2 aromatic heterocycles. The van der Waals surface area contributed by atoms with E-state index in [-0.39, 0.29) is 0 Å². The summed E-state index contributed by atoms with van der Waals surface area (Å²) in [6, 6.07) is 10.6. The predicted octanol–water partition coefficient (Wildman–Crippen LogP) is 2.86. The molecule has 0 saturated carbocycles. The van der Waals surface area contributed by atoms with Crippen LogP contribution in [-0.2, 0) is 12.8 Å². The Morgan fingerprint density at radius 1 is 1.10 bits per heavy atom. The first-order valence-electron chi connectivity index (χ1n) is 6.63. The molecule has 1 aliphatic rings. The summed E-state index contributed by atoms with van der Waals surface area (Å²) in [6.45, 7) is 0. The highest BCUT2D eigenvalue weighted by molar-refractivity contribution is 7.16. The van der Waals surface area contributed by atoms with Gasteiger partial charge in [-0.2, -0.15) is 0 Å². The lowest BCUT2D eigenvalue weighted by molar-refractivity contribution is 0.688. The van der Waals surface area contributed by atoms with Crippen molar-refractivity contribution in [3.05, 3.63) is 52.7 Å². The predicted molar refractivity (Wildman–Crippen MR) is 81.8 cm³/mol. The van der Waals surface area contributed by atoms with E-state index in [1.807, 2.05) is 11.4 Å². The Balaban J connectivity index is 1.77. The third-order valence-corrected chi connectivity index (χ3v) is 4.70. The first kappa shape index (κ1) is 11.8. The summed E-state index contributed by atoms with van der Waals surface area (Å²) < 4.78 is 0. The van der Waals surface area contributed by atoms with E-state index in [0.29, 0.717) is 5.92 Å². The summed E-state index contributed by atoms with van der Waals surface area (Å²) in [6.07, 6.45) is 2.02. The number of benzene rings is 1. The quantitative estimate of drug-likeness (QED) is 0.560. The third-order valence-electron chi connectivity index (χ3n) is 3.90. The van der Waals surface area contributed by atoms with E-state index in [4.69, 9.17) is 10.8 Å². The van der Waals surface area contributed by atoms with E-state index in [0.717, 1.165) is 34.7 Å². The highest BCUT2D eigenvalue weighted by Gasteiger charge is 2.25. The second-order valence-electron chi connectivity index (χ2n) is 5.09. The van der Waals surface area contributed by atoms with Crippen LogP contribution in [0.2, 0.25) is 0 Å². The SMILES string of the molecule is NNc1nc(C2Cc3ccccc3C2)nc2sccc12. The van der Waals surface area contributed by atoms with Crippen molar-refractivity contribution in [1.82, 2.24) is 9.97 Å². The van der Waals surface area contributed by atoms with Crippen molar-refractivity contribution in [2.24, 2.45) is 5.84 Å². The van der Waals surface area contributed by atoms with Gasteiger partial charge in [0, 0.05) is 5.92 Å². The van der Waals surface area contributed by atoms with Crippen molar-refractivity contribution in [1.29, 1.82) is 0 Å². The van der Waals surface area contributed by atoms with Gasteiger partial charge in [-0.1, -0.05) is 24.3 Å². The van der Waals surface area contributed by atoms with Crippen molar-refractivity contribution in [3.8, 4) is 0 Å². The van der Waals surface area contributed by atoms with E-state index in [1.54, 1.807) is 11.3 Å². The fourth-order valence-corrected chi connectivity index (χ4v) is 3.68. The molecule has 0 aliphatic heterocycles. The van der Waals surface area contributed by atoms with Gasteiger partial charge in [-0.3, -0.25) is 0 Å². The van der Waals surface area contributed by atoms with Crippen LogP contribution < -0.4 is 11.3 Å². The molecule has 3 aromatic rings. The molecule has 4 nitrogen and oxygen atoms in total. The molecule has 3 N–H and O–H groups in total. The normalized spacial score (nSPS) is 14.7. The number of hydrogen-bond donors (Lipinski definition) is 2. The Kier molecular flexibility index (Phi) is 2.68. The number of hydrazine groups is 1. The van der Waals surface area contributed by atoms with E-state index in [9.17, 15) is 0 Å². The summed E-state index contributed by atoms with van der Waals surface area (Å²) in [7, 11) is 0. The van der Waals surface area contributed by atoms with Crippen LogP contribution in [0.5, 0.6) is 0 Å².